The minimum Gasteiger partial charge on any atom is -0.481 e. The predicted octanol–water partition coefficient (Wildman–Crippen LogP) is 3.51. The third-order valence-corrected chi connectivity index (χ3v) is 3.42. The van der Waals surface area contributed by atoms with E-state index in [0.29, 0.717) is 11.3 Å². The van der Waals surface area contributed by atoms with Crippen LogP contribution in [0.4, 0.5) is 14.5 Å². The average Bonchev–Trinajstić information content (AvgIpc) is 2.58. The summed E-state index contributed by atoms with van der Waals surface area (Å²) in [5.74, 6) is -2.88. The molecule has 0 radical (unpaired) electrons. The fraction of sp³-hybridized carbons (Fsp3) is 0.263. The lowest BCUT2D eigenvalue weighted by Gasteiger charge is -2.17. The normalized spacial score (nSPS) is 11.8. The molecule has 2 aromatic rings. The van der Waals surface area contributed by atoms with Crippen molar-refractivity contribution < 1.29 is 23.1 Å². The highest BCUT2D eigenvalue weighted by molar-refractivity contribution is 6.04. The second-order valence-electron chi connectivity index (χ2n) is 6.00. The Morgan fingerprint density at radius 1 is 1.00 bits per heavy atom. The number of anilines is 1. The second kappa shape index (κ2) is 8.42. The quantitative estimate of drug-likeness (QED) is 0.826. The van der Waals surface area contributed by atoms with Gasteiger partial charge in [-0.25, -0.2) is 8.78 Å². The first-order valence-corrected chi connectivity index (χ1v) is 8.10. The van der Waals surface area contributed by atoms with Gasteiger partial charge >= 0.3 is 0 Å². The topological polar surface area (TPSA) is 67.4 Å². The summed E-state index contributed by atoms with van der Waals surface area (Å²) in [6.07, 6.45) is -0.985. The molecular formula is C19H20F2N2O3. The van der Waals surface area contributed by atoms with Gasteiger partial charge in [0.2, 0.25) is 0 Å². The van der Waals surface area contributed by atoms with Crippen molar-refractivity contribution in [1.29, 1.82) is 0 Å². The van der Waals surface area contributed by atoms with Crippen molar-refractivity contribution in [1.82, 2.24) is 5.32 Å². The molecule has 2 amide bonds. The van der Waals surface area contributed by atoms with Crippen LogP contribution in [0.5, 0.6) is 5.75 Å². The standard InChI is InChI=1S/C19H20F2N2O3/c1-11(2)22-19(25)14-6-4-5-7-17(14)23-18(24)12(3)26-13-8-9-15(20)16(21)10-13/h4-12H,1-3H3,(H,22,25)(H,23,24). The first-order valence-electron chi connectivity index (χ1n) is 8.10. The van der Waals surface area contributed by atoms with Crippen LogP contribution in [0.25, 0.3) is 0 Å². The number of benzene rings is 2. The third-order valence-electron chi connectivity index (χ3n) is 3.42. The number of carbonyl (C=O) groups excluding carboxylic acids is 2. The number of hydrogen-bond acceptors (Lipinski definition) is 3. The molecule has 0 saturated heterocycles. The fourth-order valence-corrected chi connectivity index (χ4v) is 2.17. The highest BCUT2D eigenvalue weighted by Crippen LogP contribution is 2.19. The lowest BCUT2D eigenvalue weighted by atomic mass is 10.1. The number of amides is 2. The van der Waals surface area contributed by atoms with Crippen LogP contribution < -0.4 is 15.4 Å². The highest BCUT2D eigenvalue weighted by atomic mass is 19.2. The van der Waals surface area contributed by atoms with Crippen LogP contribution in [0, 0.1) is 11.6 Å². The van der Waals surface area contributed by atoms with Gasteiger partial charge < -0.3 is 15.4 Å². The Morgan fingerprint density at radius 2 is 1.69 bits per heavy atom. The smallest absolute Gasteiger partial charge is 0.265 e. The minimum atomic E-state index is -1.06. The molecule has 7 heteroatoms. The Bertz CT molecular complexity index is 809. The maximum absolute atomic E-state index is 13.2. The van der Waals surface area contributed by atoms with E-state index in [9.17, 15) is 18.4 Å². The molecule has 5 nitrogen and oxygen atoms in total. The Kier molecular flexibility index (Phi) is 6.27. The second-order valence-corrected chi connectivity index (χ2v) is 6.00. The van der Waals surface area contributed by atoms with Crippen LogP contribution in [-0.2, 0) is 4.79 Å². The molecule has 0 aliphatic heterocycles. The van der Waals surface area contributed by atoms with Gasteiger partial charge in [0.05, 0.1) is 11.3 Å². The molecule has 0 aliphatic rings. The van der Waals surface area contributed by atoms with Gasteiger partial charge in [-0.2, -0.15) is 0 Å². The van der Waals surface area contributed by atoms with Gasteiger partial charge in [-0.1, -0.05) is 12.1 Å². The zero-order chi connectivity index (χ0) is 19.3. The summed E-state index contributed by atoms with van der Waals surface area (Å²) in [5, 5.41) is 5.37. The van der Waals surface area contributed by atoms with E-state index in [-0.39, 0.29) is 17.7 Å². The number of hydrogen-bond donors (Lipinski definition) is 2. The largest absolute Gasteiger partial charge is 0.481 e. The summed E-state index contributed by atoms with van der Waals surface area (Å²) in [7, 11) is 0. The van der Waals surface area contributed by atoms with Crippen LogP contribution in [0.15, 0.2) is 42.5 Å². The number of carbonyl (C=O) groups is 2. The molecular weight excluding hydrogens is 342 g/mol. The van der Waals surface area contributed by atoms with Crippen LogP contribution in [-0.4, -0.2) is 24.0 Å². The van der Waals surface area contributed by atoms with Crippen molar-refractivity contribution in [2.24, 2.45) is 0 Å². The lowest BCUT2D eigenvalue weighted by molar-refractivity contribution is -0.122. The number of nitrogens with one attached hydrogen (secondary N) is 2. The predicted molar refractivity (Wildman–Crippen MR) is 94.1 cm³/mol. The SMILES string of the molecule is CC(C)NC(=O)c1ccccc1NC(=O)C(C)Oc1ccc(F)c(F)c1. The van der Waals surface area contributed by atoms with E-state index >= 15 is 0 Å². The van der Waals surface area contributed by atoms with E-state index in [4.69, 9.17) is 4.74 Å². The van der Waals surface area contributed by atoms with Crippen LogP contribution in [0.3, 0.4) is 0 Å². The van der Waals surface area contributed by atoms with Gasteiger partial charge in [0, 0.05) is 12.1 Å². The van der Waals surface area contributed by atoms with Crippen molar-refractivity contribution in [2.75, 3.05) is 5.32 Å². The molecule has 138 valence electrons. The Balaban J connectivity index is 2.09. The Morgan fingerprint density at radius 3 is 2.35 bits per heavy atom. The summed E-state index contributed by atoms with van der Waals surface area (Å²) >= 11 is 0. The van der Waals surface area contributed by atoms with Gasteiger partial charge in [0.25, 0.3) is 11.8 Å². The van der Waals surface area contributed by atoms with E-state index in [2.05, 4.69) is 10.6 Å². The summed E-state index contributed by atoms with van der Waals surface area (Å²) in [6, 6.07) is 9.51. The van der Waals surface area contributed by atoms with Crippen molar-refractivity contribution in [3.05, 3.63) is 59.7 Å². The number of ether oxygens (including phenoxy) is 1. The van der Waals surface area contributed by atoms with Crippen molar-refractivity contribution in [3.63, 3.8) is 0 Å². The van der Waals surface area contributed by atoms with Gasteiger partial charge in [0.15, 0.2) is 17.7 Å². The first-order chi connectivity index (χ1) is 12.3. The van der Waals surface area contributed by atoms with Gasteiger partial charge in [0.1, 0.15) is 5.75 Å². The molecule has 1 atom stereocenters. The molecule has 2 rings (SSSR count). The zero-order valence-electron chi connectivity index (χ0n) is 14.7. The molecule has 0 spiro atoms. The third kappa shape index (κ3) is 5.02. The van der Waals surface area contributed by atoms with Crippen molar-refractivity contribution >= 4 is 17.5 Å². The fourth-order valence-electron chi connectivity index (χ4n) is 2.17. The van der Waals surface area contributed by atoms with E-state index in [0.717, 1.165) is 12.1 Å². The molecule has 1 unspecified atom stereocenters. The molecule has 0 aromatic heterocycles. The number of halogens is 2. The van der Waals surface area contributed by atoms with Gasteiger partial charge in [-0.05, 0) is 45.0 Å². The lowest BCUT2D eigenvalue weighted by Crippen LogP contribution is -2.33. The molecule has 0 aliphatic carbocycles. The van der Waals surface area contributed by atoms with Gasteiger partial charge in [-0.15, -0.1) is 0 Å². The monoisotopic (exact) mass is 362 g/mol. The van der Waals surface area contributed by atoms with E-state index in [1.165, 1.54) is 13.0 Å². The molecule has 0 saturated carbocycles. The molecule has 2 N–H and O–H groups in total. The highest BCUT2D eigenvalue weighted by Gasteiger charge is 2.19. The van der Waals surface area contributed by atoms with Crippen molar-refractivity contribution in [2.45, 2.75) is 32.9 Å². The van der Waals surface area contributed by atoms with Crippen LogP contribution >= 0.6 is 0 Å². The van der Waals surface area contributed by atoms with Crippen LogP contribution in [0.2, 0.25) is 0 Å². The Labute approximate surface area is 150 Å². The molecule has 26 heavy (non-hydrogen) atoms. The minimum absolute atomic E-state index is 0.0254. The molecule has 0 fully saturated rings. The van der Waals surface area contributed by atoms with E-state index in [1.807, 2.05) is 13.8 Å². The van der Waals surface area contributed by atoms with Gasteiger partial charge in [-0.3, -0.25) is 9.59 Å². The first kappa shape index (κ1) is 19.4. The van der Waals surface area contributed by atoms with Crippen LogP contribution in [0.1, 0.15) is 31.1 Å². The number of para-hydroxylation sites is 1. The number of rotatable bonds is 6. The average molecular weight is 362 g/mol. The molecule has 0 bridgehead atoms. The van der Waals surface area contributed by atoms with Crippen molar-refractivity contribution in [3.8, 4) is 5.75 Å². The Hall–Kier alpha value is -2.96. The zero-order valence-corrected chi connectivity index (χ0v) is 14.7. The maximum Gasteiger partial charge on any atom is 0.265 e. The van der Waals surface area contributed by atoms with E-state index < -0.39 is 23.6 Å². The molecule has 2 aromatic carbocycles. The molecule has 0 heterocycles. The summed E-state index contributed by atoms with van der Waals surface area (Å²) in [4.78, 5) is 24.5. The maximum atomic E-state index is 13.2. The summed E-state index contributed by atoms with van der Waals surface area (Å²) in [6.45, 7) is 5.13. The van der Waals surface area contributed by atoms with E-state index in [1.54, 1.807) is 24.3 Å². The summed E-state index contributed by atoms with van der Waals surface area (Å²) in [5.41, 5.74) is 0.644. The summed E-state index contributed by atoms with van der Waals surface area (Å²) < 4.78 is 31.5.